The van der Waals surface area contributed by atoms with Gasteiger partial charge in [0, 0.05) is 4.88 Å². The van der Waals surface area contributed by atoms with E-state index in [1.165, 1.54) is 14.6 Å². The van der Waals surface area contributed by atoms with E-state index in [4.69, 9.17) is 0 Å². The van der Waals surface area contributed by atoms with Crippen molar-refractivity contribution in [2.45, 2.75) is 30.9 Å². The highest BCUT2D eigenvalue weighted by atomic mass is 32.2. The lowest BCUT2D eigenvalue weighted by atomic mass is 10.2. The van der Waals surface area contributed by atoms with Crippen LogP contribution in [-0.4, -0.2) is 6.26 Å². The van der Waals surface area contributed by atoms with Gasteiger partial charge in [0.2, 0.25) is 0 Å². The molecule has 0 aromatic carbocycles. The van der Waals surface area contributed by atoms with Crippen molar-refractivity contribution in [2.24, 2.45) is 0 Å². The number of thioether (sulfide) groups is 1. The van der Waals surface area contributed by atoms with Gasteiger partial charge in [-0.15, -0.1) is 23.1 Å². The summed E-state index contributed by atoms with van der Waals surface area (Å²) in [5.74, 6) is 0.680. The molecule has 62 valence electrons. The van der Waals surface area contributed by atoms with Crippen molar-refractivity contribution in [1.82, 2.24) is 0 Å². The van der Waals surface area contributed by atoms with Crippen molar-refractivity contribution in [1.29, 1.82) is 0 Å². The van der Waals surface area contributed by atoms with Gasteiger partial charge in [-0.2, -0.15) is 0 Å². The molecule has 0 unspecified atom stereocenters. The highest BCUT2D eigenvalue weighted by molar-refractivity contribution is 8.00. The fraction of sp³-hybridized carbons (Fsp3) is 0.556. The summed E-state index contributed by atoms with van der Waals surface area (Å²) in [5, 5.41) is 0. The van der Waals surface area contributed by atoms with Gasteiger partial charge >= 0.3 is 0 Å². The zero-order valence-electron chi connectivity index (χ0n) is 7.47. The van der Waals surface area contributed by atoms with Crippen LogP contribution in [0.5, 0.6) is 0 Å². The van der Waals surface area contributed by atoms with Crippen LogP contribution < -0.4 is 0 Å². The second-order valence-electron chi connectivity index (χ2n) is 2.98. The van der Waals surface area contributed by atoms with Crippen LogP contribution in [0.2, 0.25) is 0 Å². The van der Waals surface area contributed by atoms with Crippen molar-refractivity contribution in [3.63, 3.8) is 0 Å². The summed E-state index contributed by atoms with van der Waals surface area (Å²) >= 11 is 3.78. The molecule has 0 radical (unpaired) electrons. The van der Waals surface area contributed by atoms with E-state index in [9.17, 15) is 0 Å². The Morgan fingerprint density at radius 2 is 2.09 bits per heavy atom. The lowest BCUT2D eigenvalue weighted by Crippen LogP contribution is -1.77. The Hall–Kier alpha value is 0.0500. The van der Waals surface area contributed by atoms with Crippen molar-refractivity contribution < 1.29 is 0 Å². The first-order valence-electron chi connectivity index (χ1n) is 3.79. The Labute approximate surface area is 77.0 Å². The molecule has 1 aromatic rings. The predicted octanol–water partition coefficient (Wildman–Crippen LogP) is 3.90. The molecule has 0 saturated carbocycles. The largest absolute Gasteiger partial charge is 0.133 e. The van der Waals surface area contributed by atoms with E-state index >= 15 is 0 Å². The Balaban J connectivity index is 2.95. The standard InChI is InChI=1S/C9H14S2/c1-6(2)8-5-7(3)9(10-4)11-8/h5-6H,1-4H3. The molecule has 0 N–H and O–H groups in total. The normalized spacial score (nSPS) is 11.0. The summed E-state index contributed by atoms with van der Waals surface area (Å²) in [4.78, 5) is 1.51. The minimum Gasteiger partial charge on any atom is -0.133 e. The lowest BCUT2D eigenvalue weighted by Gasteiger charge is -1.96. The van der Waals surface area contributed by atoms with Crippen LogP contribution in [0.25, 0.3) is 0 Å². The highest BCUT2D eigenvalue weighted by Gasteiger charge is 2.06. The number of hydrogen-bond donors (Lipinski definition) is 0. The van der Waals surface area contributed by atoms with Gasteiger partial charge in [0.05, 0.1) is 4.21 Å². The zero-order chi connectivity index (χ0) is 8.43. The maximum Gasteiger partial charge on any atom is 0.0628 e. The summed E-state index contributed by atoms with van der Waals surface area (Å²) in [6.07, 6.45) is 2.14. The molecule has 11 heavy (non-hydrogen) atoms. The van der Waals surface area contributed by atoms with Crippen LogP contribution >= 0.6 is 23.1 Å². The van der Waals surface area contributed by atoms with Gasteiger partial charge in [-0.05, 0) is 30.7 Å². The lowest BCUT2D eigenvalue weighted by molar-refractivity contribution is 0.889. The van der Waals surface area contributed by atoms with E-state index in [-0.39, 0.29) is 0 Å². The van der Waals surface area contributed by atoms with Crippen molar-refractivity contribution in [2.75, 3.05) is 6.26 Å². The predicted molar refractivity (Wildman–Crippen MR) is 54.9 cm³/mol. The number of rotatable bonds is 2. The van der Waals surface area contributed by atoms with Crippen molar-refractivity contribution in [3.8, 4) is 0 Å². The third-order valence-corrected chi connectivity index (χ3v) is 4.42. The molecule has 1 rings (SSSR count). The maximum absolute atomic E-state index is 2.31. The second kappa shape index (κ2) is 3.63. The van der Waals surface area contributed by atoms with E-state index in [0.717, 1.165) is 0 Å². The number of thiophene rings is 1. The van der Waals surface area contributed by atoms with E-state index in [2.05, 4.69) is 33.1 Å². The molecule has 0 amide bonds. The van der Waals surface area contributed by atoms with E-state index in [1.54, 1.807) is 0 Å². The van der Waals surface area contributed by atoms with Gasteiger partial charge in [0.15, 0.2) is 0 Å². The summed E-state index contributed by atoms with van der Waals surface area (Å²) in [5.41, 5.74) is 1.44. The first-order chi connectivity index (χ1) is 5.15. The van der Waals surface area contributed by atoms with Crippen LogP contribution in [-0.2, 0) is 0 Å². The average Bonchev–Trinajstić information content (AvgIpc) is 2.31. The minimum absolute atomic E-state index is 0.680. The maximum atomic E-state index is 2.31. The SMILES string of the molecule is CSc1sc(C(C)C)cc1C. The van der Waals surface area contributed by atoms with Crippen LogP contribution in [0.1, 0.15) is 30.2 Å². The van der Waals surface area contributed by atoms with Crippen molar-refractivity contribution >= 4 is 23.1 Å². The summed E-state index contributed by atoms with van der Waals surface area (Å²) in [6.45, 7) is 6.68. The quantitative estimate of drug-likeness (QED) is 0.631. The van der Waals surface area contributed by atoms with Crippen LogP contribution in [0.15, 0.2) is 10.3 Å². The molecule has 0 saturated heterocycles. The van der Waals surface area contributed by atoms with Gasteiger partial charge in [-0.1, -0.05) is 13.8 Å². The van der Waals surface area contributed by atoms with Crippen LogP contribution in [0.3, 0.4) is 0 Å². The van der Waals surface area contributed by atoms with Gasteiger partial charge in [0.1, 0.15) is 0 Å². The first kappa shape index (κ1) is 9.14. The second-order valence-corrected chi connectivity index (χ2v) is 5.14. The topological polar surface area (TPSA) is 0 Å². The first-order valence-corrected chi connectivity index (χ1v) is 5.83. The monoisotopic (exact) mass is 186 g/mol. The Bertz CT molecular complexity index is 236. The molecular weight excluding hydrogens is 172 g/mol. The number of hydrogen-bond acceptors (Lipinski definition) is 2. The van der Waals surface area contributed by atoms with Gasteiger partial charge < -0.3 is 0 Å². The Morgan fingerprint density at radius 1 is 1.45 bits per heavy atom. The van der Waals surface area contributed by atoms with Gasteiger partial charge in [-0.3, -0.25) is 0 Å². The number of aryl methyl sites for hydroxylation is 1. The highest BCUT2D eigenvalue weighted by Crippen LogP contribution is 2.33. The van der Waals surface area contributed by atoms with Crippen LogP contribution in [0.4, 0.5) is 0 Å². The Kier molecular flexibility index (Phi) is 3.02. The third-order valence-electron chi connectivity index (χ3n) is 1.65. The molecule has 0 nitrogen and oxygen atoms in total. The molecule has 0 aliphatic rings. The molecule has 2 heteroatoms. The smallest absolute Gasteiger partial charge is 0.0628 e. The Morgan fingerprint density at radius 3 is 2.36 bits per heavy atom. The molecule has 0 aliphatic carbocycles. The van der Waals surface area contributed by atoms with Crippen molar-refractivity contribution in [3.05, 3.63) is 16.5 Å². The molecule has 0 aliphatic heterocycles. The van der Waals surface area contributed by atoms with E-state index in [1.807, 2.05) is 23.1 Å². The van der Waals surface area contributed by atoms with Gasteiger partial charge in [0.25, 0.3) is 0 Å². The summed E-state index contributed by atoms with van der Waals surface area (Å²) < 4.78 is 1.47. The average molecular weight is 186 g/mol. The minimum atomic E-state index is 0.680. The zero-order valence-corrected chi connectivity index (χ0v) is 9.10. The molecule has 0 spiro atoms. The molecular formula is C9H14S2. The van der Waals surface area contributed by atoms with Gasteiger partial charge in [-0.25, -0.2) is 0 Å². The van der Waals surface area contributed by atoms with E-state index in [0.29, 0.717) is 5.92 Å². The molecule has 0 bridgehead atoms. The molecule has 1 aromatic heterocycles. The molecule has 0 atom stereocenters. The third kappa shape index (κ3) is 2.00. The summed E-state index contributed by atoms with van der Waals surface area (Å²) in [7, 11) is 0. The molecule has 1 heterocycles. The van der Waals surface area contributed by atoms with E-state index < -0.39 is 0 Å². The summed E-state index contributed by atoms with van der Waals surface area (Å²) in [6, 6.07) is 2.31. The fourth-order valence-corrected chi connectivity index (χ4v) is 2.88. The molecule has 0 fully saturated rings. The fourth-order valence-electron chi connectivity index (χ4n) is 0.976. The van der Waals surface area contributed by atoms with Crippen LogP contribution in [0, 0.1) is 6.92 Å².